The number of aryl methyl sites for hydroxylation is 1. The van der Waals surface area contributed by atoms with Crippen LogP contribution in [0.25, 0.3) is 0 Å². The molecule has 1 aliphatic heterocycles. The monoisotopic (exact) mass is 483 g/mol. The third kappa shape index (κ3) is 4.15. The Kier molecular flexibility index (Phi) is 5.83. The molecule has 4 rings (SSSR count). The van der Waals surface area contributed by atoms with Crippen LogP contribution in [0.1, 0.15) is 41.6 Å². The molecule has 0 atom stereocenters. The lowest BCUT2D eigenvalue weighted by Gasteiger charge is -2.37. The molecule has 2 aromatic rings. The number of urea groups is 1. The van der Waals surface area contributed by atoms with Gasteiger partial charge in [0.2, 0.25) is 0 Å². The highest BCUT2D eigenvalue weighted by Gasteiger charge is 2.42. The summed E-state index contributed by atoms with van der Waals surface area (Å²) < 4.78 is 67.4. The number of carbonyl (C=O) groups is 2. The minimum absolute atomic E-state index is 0.0000141. The fraction of sp³-hybridized carbons (Fsp3) is 0.333. The summed E-state index contributed by atoms with van der Waals surface area (Å²) in [6, 6.07) is 2.12. The molecular weight excluding hydrogens is 463 g/mol. The molecular formula is C21H20F3N3O5S. The van der Waals surface area contributed by atoms with Gasteiger partial charge in [0, 0.05) is 23.4 Å². The summed E-state index contributed by atoms with van der Waals surface area (Å²) in [5.41, 5.74) is -0.177. The van der Waals surface area contributed by atoms with E-state index in [1.165, 1.54) is 13.0 Å². The van der Waals surface area contributed by atoms with Crippen LogP contribution in [0.15, 0.2) is 29.2 Å². The maximum Gasteiger partial charge on any atom is 0.336 e. The Hall–Kier alpha value is -3.12. The van der Waals surface area contributed by atoms with Gasteiger partial charge in [0.1, 0.15) is 4.90 Å². The third-order valence-electron chi connectivity index (χ3n) is 5.79. The molecule has 1 heterocycles. The predicted molar refractivity (Wildman–Crippen MR) is 112 cm³/mol. The minimum atomic E-state index is -4.32. The lowest BCUT2D eigenvalue weighted by atomic mass is 9.93. The van der Waals surface area contributed by atoms with Gasteiger partial charge in [-0.1, -0.05) is 0 Å². The summed E-state index contributed by atoms with van der Waals surface area (Å²) in [4.78, 5) is 25.1. The number of sulfonamides is 1. The molecule has 12 heteroatoms. The molecule has 3 amide bonds. The summed E-state index contributed by atoms with van der Waals surface area (Å²) in [5, 5.41) is 14.4. The maximum absolute atomic E-state index is 13.5. The minimum Gasteiger partial charge on any atom is -0.393 e. The molecule has 1 saturated carbocycles. The van der Waals surface area contributed by atoms with Gasteiger partial charge in [0.05, 0.1) is 17.8 Å². The number of aliphatic hydroxyl groups excluding tert-OH is 1. The second-order valence-electron chi connectivity index (χ2n) is 8.06. The zero-order valence-corrected chi connectivity index (χ0v) is 18.2. The Morgan fingerprint density at radius 1 is 1.09 bits per heavy atom. The van der Waals surface area contributed by atoms with Crippen molar-refractivity contribution in [1.29, 1.82) is 0 Å². The molecule has 0 saturated heterocycles. The van der Waals surface area contributed by atoms with Crippen LogP contribution in [0, 0.1) is 24.4 Å². The quantitative estimate of drug-likeness (QED) is 0.578. The lowest BCUT2D eigenvalue weighted by Crippen LogP contribution is -2.51. The normalized spacial score (nSPS) is 21.8. The van der Waals surface area contributed by atoms with E-state index in [-0.39, 0.29) is 21.8 Å². The number of nitrogens with one attached hydrogen (secondary N) is 2. The number of carbonyl (C=O) groups excluding carboxylic acids is 2. The predicted octanol–water partition coefficient (Wildman–Crippen LogP) is 3.50. The van der Waals surface area contributed by atoms with E-state index < -0.39 is 51.6 Å². The molecule has 1 aliphatic carbocycles. The van der Waals surface area contributed by atoms with Crippen LogP contribution in [0.2, 0.25) is 0 Å². The standard InChI is InChI=1S/C21H20F3N3O5S/c1-10-6-17-18(9-14(10)20(29)25-11-7-15(22)19(24)16(23)8-11)33(31,32)27(21(30)26-17)12-2-4-13(28)5-3-12/h6-9,12-13,28H,2-5H2,1H3,(H,25,29)(H,26,30). The molecule has 8 nitrogen and oxygen atoms in total. The average molecular weight is 483 g/mol. The topological polar surface area (TPSA) is 116 Å². The van der Waals surface area contributed by atoms with Crippen LogP contribution in [0.4, 0.5) is 29.3 Å². The first kappa shape index (κ1) is 23.1. The van der Waals surface area contributed by atoms with Crippen molar-refractivity contribution in [2.24, 2.45) is 0 Å². The SMILES string of the molecule is Cc1cc2c(cc1C(=O)Nc1cc(F)c(F)c(F)c1)S(=O)(=O)N(C1CCC(O)CC1)C(=O)N2. The van der Waals surface area contributed by atoms with Gasteiger partial charge < -0.3 is 15.7 Å². The van der Waals surface area contributed by atoms with E-state index in [2.05, 4.69) is 10.6 Å². The number of amides is 3. The zero-order valence-electron chi connectivity index (χ0n) is 17.4. The molecule has 176 valence electrons. The van der Waals surface area contributed by atoms with E-state index in [1.54, 1.807) is 0 Å². The highest BCUT2D eigenvalue weighted by Crippen LogP contribution is 2.37. The number of aliphatic hydroxyl groups is 1. The van der Waals surface area contributed by atoms with Gasteiger partial charge in [-0.3, -0.25) is 4.79 Å². The van der Waals surface area contributed by atoms with Crippen LogP contribution in [-0.2, 0) is 10.0 Å². The Bertz CT molecular complexity index is 1240. The van der Waals surface area contributed by atoms with Gasteiger partial charge in [0.15, 0.2) is 17.5 Å². The Balaban J connectivity index is 1.68. The summed E-state index contributed by atoms with van der Waals surface area (Å²) in [5.74, 6) is -5.55. The first-order valence-corrected chi connectivity index (χ1v) is 11.6. The Morgan fingerprint density at radius 2 is 1.70 bits per heavy atom. The second-order valence-corrected chi connectivity index (χ2v) is 9.85. The van der Waals surface area contributed by atoms with Crippen LogP contribution >= 0.6 is 0 Å². The van der Waals surface area contributed by atoms with Gasteiger partial charge in [0.25, 0.3) is 15.9 Å². The summed E-state index contributed by atoms with van der Waals surface area (Å²) >= 11 is 0. The largest absolute Gasteiger partial charge is 0.393 e. The van der Waals surface area contributed by atoms with Crippen molar-refractivity contribution in [1.82, 2.24) is 4.31 Å². The van der Waals surface area contributed by atoms with Crippen LogP contribution in [-0.4, -0.2) is 41.9 Å². The maximum atomic E-state index is 13.5. The number of anilines is 2. The fourth-order valence-corrected chi connectivity index (χ4v) is 5.84. The number of rotatable bonds is 3. The van der Waals surface area contributed by atoms with Crippen LogP contribution < -0.4 is 10.6 Å². The number of benzene rings is 2. The number of halogens is 3. The van der Waals surface area contributed by atoms with Gasteiger partial charge in [-0.15, -0.1) is 0 Å². The number of nitrogens with zero attached hydrogens (tertiary/aromatic N) is 1. The first-order valence-electron chi connectivity index (χ1n) is 10.1. The molecule has 0 bridgehead atoms. The van der Waals surface area contributed by atoms with Crippen molar-refractivity contribution in [2.75, 3.05) is 10.6 Å². The van der Waals surface area contributed by atoms with Crippen molar-refractivity contribution in [3.05, 3.63) is 52.8 Å². The number of hydrogen-bond acceptors (Lipinski definition) is 5. The van der Waals surface area contributed by atoms with E-state index in [0.29, 0.717) is 43.4 Å². The lowest BCUT2D eigenvalue weighted by molar-refractivity contribution is 0.102. The van der Waals surface area contributed by atoms with Gasteiger partial charge in [-0.2, -0.15) is 0 Å². The summed E-state index contributed by atoms with van der Waals surface area (Å²) in [7, 11) is -4.32. The molecule has 0 unspecified atom stereocenters. The molecule has 2 aliphatic rings. The van der Waals surface area contributed by atoms with Gasteiger partial charge in [-0.25, -0.2) is 30.7 Å². The highest BCUT2D eigenvalue weighted by molar-refractivity contribution is 7.90. The van der Waals surface area contributed by atoms with Crippen LogP contribution in [0.3, 0.4) is 0 Å². The van der Waals surface area contributed by atoms with Gasteiger partial charge >= 0.3 is 6.03 Å². The Morgan fingerprint density at radius 3 is 2.30 bits per heavy atom. The molecule has 0 spiro atoms. The number of fused-ring (bicyclic) bond motifs is 1. The molecule has 1 fully saturated rings. The van der Waals surface area contributed by atoms with E-state index in [9.17, 15) is 36.3 Å². The third-order valence-corrected chi connectivity index (χ3v) is 7.66. The molecule has 33 heavy (non-hydrogen) atoms. The second kappa shape index (κ2) is 8.34. The summed E-state index contributed by atoms with van der Waals surface area (Å²) in [6.07, 6.45) is 0.739. The van der Waals surface area contributed by atoms with E-state index in [0.717, 1.165) is 10.4 Å². The van der Waals surface area contributed by atoms with E-state index in [4.69, 9.17) is 0 Å². The van der Waals surface area contributed by atoms with Crippen molar-refractivity contribution < 1.29 is 36.3 Å². The van der Waals surface area contributed by atoms with Crippen LogP contribution in [0.5, 0.6) is 0 Å². The molecule has 3 N–H and O–H groups in total. The number of hydrogen-bond donors (Lipinski definition) is 3. The van der Waals surface area contributed by atoms with E-state index >= 15 is 0 Å². The fourth-order valence-electron chi connectivity index (χ4n) is 4.11. The van der Waals surface area contributed by atoms with Crippen molar-refractivity contribution >= 4 is 33.3 Å². The first-order chi connectivity index (χ1) is 15.5. The molecule has 0 aromatic heterocycles. The van der Waals surface area contributed by atoms with Crippen molar-refractivity contribution in [3.63, 3.8) is 0 Å². The van der Waals surface area contributed by atoms with E-state index in [1.807, 2.05) is 0 Å². The summed E-state index contributed by atoms with van der Waals surface area (Å²) in [6.45, 7) is 1.49. The Labute approximate surface area is 187 Å². The highest BCUT2D eigenvalue weighted by atomic mass is 32.2. The molecule has 0 radical (unpaired) electrons. The van der Waals surface area contributed by atoms with Crippen molar-refractivity contribution in [3.8, 4) is 0 Å². The van der Waals surface area contributed by atoms with Crippen molar-refractivity contribution in [2.45, 2.75) is 49.6 Å². The molecule has 2 aromatic carbocycles. The average Bonchev–Trinajstić information content (AvgIpc) is 2.72. The smallest absolute Gasteiger partial charge is 0.336 e. The zero-order chi connectivity index (χ0) is 24.1. The van der Waals surface area contributed by atoms with Gasteiger partial charge in [-0.05, 0) is 50.3 Å².